The molecule has 0 amide bonds. The Labute approximate surface area is 115 Å². The Morgan fingerprint density at radius 1 is 1.29 bits per heavy atom. The number of halogens is 1. The van der Waals surface area contributed by atoms with Gasteiger partial charge in [-0.25, -0.2) is 11.8 Å². The van der Waals surface area contributed by atoms with E-state index in [-0.39, 0.29) is 0 Å². The number of aryl methyl sites for hydroxylation is 1. The first-order chi connectivity index (χ1) is 8.22. The van der Waals surface area contributed by atoms with E-state index in [1.807, 2.05) is 6.07 Å². The van der Waals surface area contributed by atoms with Crippen molar-refractivity contribution >= 4 is 39.2 Å². The van der Waals surface area contributed by atoms with Gasteiger partial charge in [0.25, 0.3) is 0 Å². The second kappa shape index (κ2) is 8.23. The number of rotatable bonds is 8. The summed E-state index contributed by atoms with van der Waals surface area (Å²) in [5.74, 6) is 10.2. The van der Waals surface area contributed by atoms with E-state index in [9.17, 15) is 0 Å². The van der Waals surface area contributed by atoms with Crippen LogP contribution in [0, 0.1) is 0 Å². The Bertz CT molecular complexity index is 334. The monoisotopic (exact) mass is 320 g/mol. The van der Waals surface area contributed by atoms with Crippen molar-refractivity contribution in [3.63, 3.8) is 0 Å². The van der Waals surface area contributed by atoms with Crippen LogP contribution in [0.1, 0.15) is 38.2 Å². The highest BCUT2D eigenvalue weighted by Crippen LogP contribution is 2.24. The Kier molecular flexibility index (Phi) is 7.33. The minimum Gasteiger partial charge on any atom is -0.324 e. The zero-order valence-electron chi connectivity index (χ0n) is 9.95. The van der Waals surface area contributed by atoms with Crippen LogP contribution in [0.2, 0.25) is 0 Å². The molecule has 1 aromatic heterocycles. The molecule has 1 aromatic rings. The summed E-state index contributed by atoms with van der Waals surface area (Å²) < 4.78 is 11.3. The van der Waals surface area contributed by atoms with Gasteiger partial charge in [0, 0.05) is 4.78 Å². The molecule has 0 spiro atoms. The lowest BCUT2D eigenvalue weighted by Gasteiger charge is -2.02. The zero-order chi connectivity index (χ0) is 12.7. The maximum absolute atomic E-state index is 5.10. The second-order valence-electron chi connectivity index (χ2n) is 3.86. The summed E-state index contributed by atoms with van der Waals surface area (Å²) in [7, 11) is -0.680. The van der Waals surface area contributed by atoms with Crippen LogP contribution in [0.3, 0.4) is 0 Å². The lowest BCUT2D eigenvalue weighted by atomic mass is 9.88. The highest BCUT2D eigenvalue weighted by atomic mass is 79.9. The lowest BCUT2D eigenvalue weighted by Crippen LogP contribution is -2.39. The van der Waals surface area contributed by atoms with Crippen molar-refractivity contribution in [3.8, 4) is 0 Å². The van der Waals surface area contributed by atoms with E-state index in [2.05, 4.69) is 32.4 Å². The summed E-state index contributed by atoms with van der Waals surface area (Å²) >= 11 is 5.08. The van der Waals surface area contributed by atoms with Crippen molar-refractivity contribution in [2.24, 2.45) is 11.8 Å². The van der Waals surface area contributed by atoms with E-state index in [1.54, 1.807) is 11.3 Å². The van der Waals surface area contributed by atoms with E-state index in [0.29, 0.717) is 0 Å². The third-order valence-electron chi connectivity index (χ3n) is 2.56. The van der Waals surface area contributed by atoms with Gasteiger partial charge in [-0.15, -0.1) is 11.3 Å². The number of nitrogens with two attached hydrogens (primary N) is 2. The first kappa shape index (κ1) is 15.1. The van der Waals surface area contributed by atoms with Crippen LogP contribution >= 0.6 is 27.3 Å². The molecule has 0 unspecified atom stereocenters. The average molecular weight is 321 g/mol. The Morgan fingerprint density at radius 2 is 2.00 bits per heavy atom. The predicted octanol–water partition coefficient (Wildman–Crippen LogP) is 2.11. The molecule has 0 atom stereocenters. The van der Waals surface area contributed by atoms with Crippen LogP contribution in [0.5, 0.6) is 0 Å². The molecule has 0 aromatic carbocycles. The lowest BCUT2D eigenvalue weighted by molar-refractivity contribution is 0.216. The van der Waals surface area contributed by atoms with Gasteiger partial charge < -0.3 is 9.51 Å². The van der Waals surface area contributed by atoms with Gasteiger partial charge in [0.05, 0.1) is 3.79 Å². The van der Waals surface area contributed by atoms with Crippen molar-refractivity contribution in [2.75, 3.05) is 0 Å². The third-order valence-corrected chi connectivity index (χ3v) is 4.54. The number of unbranched alkanes of at least 4 members (excludes halogenated alkanes) is 3. The molecule has 0 aliphatic heterocycles. The van der Waals surface area contributed by atoms with Crippen molar-refractivity contribution in [3.05, 3.63) is 15.4 Å². The summed E-state index contributed by atoms with van der Waals surface area (Å²) in [6, 6.07) is 2.03. The van der Waals surface area contributed by atoms with Gasteiger partial charge in [0.1, 0.15) is 0 Å². The molecule has 4 N–H and O–H groups in total. The van der Waals surface area contributed by atoms with Crippen molar-refractivity contribution < 1.29 is 9.51 Å². The molecule has 0 bridgehead atoms. The van der Waals surface area contributed by atoms with Gasteiger partial charge in [-0.05, 0) is 40.4 Å². The highest BCUT2D eigenvalue weighted by Gasteiger charge is 2.23. The van der Waals surface area contributed by atoms with Crippen molar-refractivity contribution in [1.29, 1.82) is 0 Å². The summed E-state index contributed by atoms with van der Waals surface area (Å²) in [5.41, 5.74) is 1.26. The molecule has 17 heavy (non-hydrogen) atoms. The van der Waals surface area contributed by atoms with E-state index in [1.165, 1.54) is 31.2 Å². The first-order valence-corrected chi connectivity index (χ1v) is 7.33. The van der Waals surface area contributed by atoms with Gasteiger partial charge in [-0.3, -0.25) is 0 Å². The fourth-order valence-electron chi connectivity index (χ4n) is 1.62. The van der Waals surface area contributed by atoms with Crippen LogP contribution in [0.25, 0.3) is 0 Å². The molecule has 96 valence electrons. The SMILES string of the molecule is CCCCCCc1cc(B(ON)ON)sc1Br. The zero-order valence-corrected chi connectivity index (χ0v) is 12.4. The molecule has 0 saturated carbocycles. The molecular formula is C10H18BBrN2O2S. The predicted molar refractivity (Wildman–Crippen MR) is 75.8 cm³/mol. The van der Waals surface area contributed by atoms with E-state index in [0.717, 1.165) is 15.0 Å². The van der Waals surface area contributed by atoms with Crippen molar-refractivity contribution in [2.45, 2.75) is 39.0 Å². The number of thiophene rings is 1. The first-order valence-electron chi connectivity index (χ1n) is 5.72. The molecule has 1 rings (SSSR count). The molecule has 0 fully saturated rings. The molecule has 7 heteroatoms. The standard InChI is InChI=1S/C10H18BBrN2O2S/c1-2-3-4-5-6-8-7-9(17-10(8)12)11(15-13)16-14/h7H,2-6,13-14H2,1H3. The molecular weight excluding hydrogens is 303 g/mol. The Balaban J connectivity index is 2.55. The van der Waals surface area contributed by atoms with E-state index < -0.39 is 7.12 Å². The minimum absolute atomic E-state index is 0.680. The molecule has 0 saturated heterocycles. The summed E-state index contributed by atoms with van der Waals surface area (Å²) in [6.07, 6.45) is 6.05. The molecule has 0 radical (unpaired) electrons. The Hall–Kier alpha value is 0.0849. The fourth-order valence-corrected chi connectivity index (χ4v) is 3.40. The van der Waals surface area contributed by atoms with Crippen molar-refractivity contribution in [1.82, 2.24) is 0 Å². The maximum atomic E-state index is 5.10. The van der Waals surface area contributed by atoms with Gasteiger partial charge >= 0.3 is 7.12 Å². The van der Waals surface area contributed by atoms with Crippen LogP contribution in [-0.4, -0.2) is 7.12 Å². The molecule has 1 heterocycles. The third kappa shape index (κ3) is 4.69. The molecule has 0 aliphatic carbocycles. The quantitative estimate of drug-likeness (QED) is 0.437. The fraction of sp³-hybridized carbons (Fsp3) is 0.600. The van der Waals surface area contributed by atoms with Gasteiger partial charge in [-0.2, -0.15) is 0 Å². The average Bonchev–Trinajstić information content (AvgIpc) is 2.68. The summed E-state index contributed by atoms with van der Waals surface area (Å²) in [4.78, 5) is 0. The van der Waals surface area contributed by atoms with E-state index >= 15 is 0 Å². The largest absolute Gasteiger partial charge is 0.538 e. The minimum atomic E-state index is -0.680. The number of hydrogen-bond donors (Lipinski definition) is 2. The van der Waals surface area contributed by atoms with Crippen LogP contribution in [0.4, 0.5) is 0 Å². The van der Waals surface area contributed by atoms with Crippen LogP contribution in [0.15, 0.2) is 9.85 Å². The Morgan fingerprint density at radius 3 is 2.59 bits per heavy atom. The highest BCUT2D eigenvalue weighted by molar-refractivity contribution is 9.11. The molecule has 4 nitrogen and oxygen atoms in total. The van der Waals surface area contributed by atoms with E-state index in [4.69, 9.17) is 11.8 Å². The topological polar surface area (TPSA) is 70.5 Å². The van der Waals surface area contributed by atoms with Crippen LogP contribution in [-0.2, 0) is 15.9 Å². The van der Waals surface area contributed by atoms with Gasteiger partial charge in [-0.1, -0.05) is 26.2 Å². The van der Waals surface area contributed by atoms with Gasteiger partial charge in [0.2, 0.25) is 0 Å². The number of hydrogen-bond acceptors (Lipinski definition) is 5. The van der Waals surface area contributed by atoms with Crippen LogP contribution < -0.4 is 16.6 Å². The smallest absolute Gasteiger partial charge is 0.324 e. The normalized spacial score (nSPS) is 10.8. The maximum Gasteiger partial charge on any atom is 0.538 e. The van der Waals surface area contributed by atoms with Gasteiger partial charge in [0.15, 0.2) is 0 Å². The second-order valence-corrected chi connectivity index (χ2v) is 6.26. The molecule has 0 aliphatic rings. The summed E-state index contributed by atoms with van der Waals surface area (Å²) in [5, 5.41) is 0. The summed E-state index contributed by atoms with van der Waals surface area (Å²) in [6.45, 7) is 2.21.